The van der Waals surface area contributed by atoms with E-state index in [0.717, 1.165) is 5.56 Å². The van der Waals surface area contributed by atoms with Crippen molar-refractivity contribution in [3.05, 3.63) is 29.3 Å². The number of aliphatic hydroxyl groups is 1. The summed E-state index contributed by atoms with van der Waals surface area (Å²) < 4.78 is 5.66. The van der Waals surface area contributed by atoms with Gasteiger partial charge in [-0.25, -0.2) is 0 Å². The van der Waals surface area contributed by atoms with Gasteiger partial charge in [-0.15, -0.1) is 0 Å². The van der Waals surface area contributed by atoms with E-state index in [2.05, 4.69) is 0 Å². The summed E-state index contributed by atoms with van der Waals surface area (Å²) in [6.45, 7) is 5.32. The van der Waals surface area contributed by atoms with Gasteiger partial charge in [-0.05, 0) is 32.4 Å². The average molecular weight is 251 g/mol. The fourth-order valence-corrected chi connectivity index (χ4v) is 1.69. The van der Waals surface area contributed by atoms with E-state index in [4.69, 9.17) is 4.74 Å². The molecule has 0 aliphatic rings. The van der Waals surface area contributed by atoms with Gasteiger partial charge in [-0.2, -0.15) is 0 Å². The summed E-state index contributed by atoms with van der Waals surface area (Å²) in [4.78, 5) is 13.2. The Labute approximate surface area is 108 Å². The van der Waals surface area contributed by atoms with E-state index in [0.29, 0.717) is 11.3 Å². The van der Waals surface area contributed by atoms with Gasteiger partial charge in [0, 0.05) is 19.7 Å². The average Bonchev–Trinajstić information content (AvgIpc) is 2.27. The van der Waals surface area contributed by atoms with Crippen molar-refractivity contribution in [2.75, 3.05) is 14.1 Å². The van der Waals surface area contributed by atoms with Crippen molar-refractivity contribution >= 4 is 5.91 Å². The summed E-state index contributed by atoms with van der Waals surface area (Å²) in [5.74, 6) is 0.459. The fraction of sp³-hybridized carbons (Fsp3) is 0.500. The third-order valence-electron chi connectivity index (χ3n) is 2.71. The molecule has 1 aromatic rings. The zero-order valence-corrected chi connectivity index (χ0v) is 11.6. The minimum absolute atomic E-state index is 0.104. The zero-order valence-electron chi connectivity index (χ0n) is 11.6. The molecule has 2 atom stereocenters. The lowest BCUT2D eigenvalue weighted by Crippen LogP contribution is -2.35. The number of hydrogen-bond donors (Lipinski definition) is 1. The van der Waals surface area contributed by atoms with Crippen molar-refractivity contribution in [3.63, 3.8) is 0 Å². The van der Waals surface area contributed by atoms with Crippen LogP contribution in [0.5, 0.6) is 5.75 Å². The normalized spacial score (nSPS) is 13.9. The highest BCUT2D eigenvalue weighted by atomic mass is 16.5. The van der Waals surface area contributed by atoms with E-state index < -0.39 is 12.2 Å². The first kappa shape index (κ1) is 14.5. The second kappa shape index (κ2) is 5.87. The quantitative estimate of drug-likeness (QED) is 0.889. The van der Waals surface area contributed by atoms with Crippen LogP contribution in [-0.2, 0) is 4.79 Å². The lowest BCUT2D eigenvalue weighted by atomic mass is 10.1. The number of benzene rings is 1. The summed E-state index contributed by atoms with van der Waals surface area (Å²) in [5, 5.41) is 9.68. The minimum atomic E-state index is -0.623. The smallest absolute Gasteiger partial charge is 0.262 e. The maximum atomic E-state index is 11.8. The van der Waals surface area contributed by atoms with Gasteiger partial charge in [-0.1, -0.05) is 12.1 Å². The number of amides is 1. The van der Waals surface area contributed by atoms with Crippen LogP contribution >= 0.6 is 0 Å². The van der Waals surface area contributed by atoms with Gasteiger partial charge in [0.1, 0.15) is 5.75 Å². The van der Waals surface area contributed by atoms with Crippen LogP contribution < -0.4 is 4.74 Å². The summed E-state index contributed by atoms with van der Waals surface area (Å²) >= 11 is 0. The number of carbonyl (C=O) groups excluding carboxylic acids is 1. The van der Waals surface area contributed by atoms with Gasteiger partial charge in [-0.3, -0.25) is 4.79 Å². The molecule has 1 rings (SSSR count). The standard InChI is InChI=1S/C14H21NO3/c1-9-6-7-12(10(2)16)13(8-9)18-11(3)14(17)15(4)5/h6-8,10-11,16H,1-5H3/t10-,11?/m0/s1. The molecule has 0 aromatic heterocycles. The molecule has 4 heteroatoms. The zero-order chi connectivity index (χ0) is 13.9. The van der Waals surface area contributed by atoms with Gasteiger partial charge in [0.15, 0.2) is 6.10 Å². The molecular formula is C14H21NO3. The SMILES string of the molecule is Cc1ccc([C@H](C)O)c(OC(C)C(=O)N(C)C)c1. The Hall–Kier alpha value is -1.55. The molecule has 0 saturated carbocycles. The Morgan fingerprint density at radius 2 is 1.94 bits per heavy atom. The van der Waals surface area contributed by atoms with Gasteiger partial charge in [0.05, 0.1) is 6.10 Å². The van der Waals surface area contributed by atoms with E-state index in [1.54, 1.807) is 27.9 Å². The maximum absolute atomic E-state index is 11.8. The molecule has 0 bridgehead atoms. The second-order valence-electron chi connectivity index (χ2n) is 4.71. The van der Waals surface area contributed by atoms with Crippen molar-refractivity contribution < 1.29 is 14.6 Å². The minimum Gasteiger partial charge on any atom is -0.480 e. The predicted octanol–water partition coefficient (Wildman–Crippen LogP) is 1.90. The molecular weight excluding hydrogens is 230 g/mol. The largest absolute Gasteiger partial charge is 0.480 e. The summed E-state index contributed by atoms with van der Waals surface area (Å²) in [7, 11) is 3.38. The molecule has 1 N–H and O–H groups in total. The number of likely N-dealkylation sites (N-methyl/N-ethyl adjacent to an activating group) is 1. The van der Waals surface area contributed by atoms with Crippen LogP contribution in [0.4, 0.5) is 0 Å². The molecule has 18 heavy (non-hydrogen) atoms. The molecule has 0 aliphatic carbocycles. The number of aryl methyl sites for hydroxylation is 1. The molecule has 0 spiro atoms. The molecule has 0 saturated heterocycles. The second-order valence-corrected chi connectivity index (χ2v) is 4.71. The number of carbonyl (C=O) groups is 1. The Balaban J connectivity index is 2.96. The molecule has 100 valence electrons. The first-order valence-electron chi connectivity index (χ1n) is 5.99. The fourth-order valence-electron chi connectivity index (χ4n) is 1.69. The van der Waals surface area contributed by atoms with Crippen LogP contribution in [-0.4, -0.2) is 36.1 Å². The van der Waals surface area contributed by atoms with Crippen LogP contribution in [0, 0.1) is 6.92 Å². The van der Waals surface area contributed by atoms with E-state index in [1.807, 2.05) is 25.1 Å². The number of hydrogen-bond acceptors (Lipinski definition) is 3. The highest BCUT2D eigenvalue weighted by Crippen LogP contribution is 2.27. The van der Waals surface area contributed by atoms with Gasteiger partial charge in [0.25, 0.3) is 5.91 Å². The summed E-state index contributed by atoms with van der Waals surface area (Å²) in [6, 6.07) is 5.57. The Bertz CT molecular complexity index is 427. The van der Waals surface area contributed by atoms with Crippen molar-refractivity contribution in [2.45, 2.75) is 33.0 Å². The van der Waals surface area contributed by atoms with Gasteiger partial charge < -0.3 is 14.7 Å². The van der Waals surface area contributed by atoms with Crippen LogP contribution in [0.2, 0.25) is 0 Å². The predicted molar refractivity (Wildman–Crippen MR) is 70.6 cm³/mol. The van der Waals surface area contributed by atoms with Crippen LogP contribution in [0.25, 0.3) is 0 Å². The topological polar surface area (TPSA) is 49.8 Å². The van der Waals surface area contributed by atoms with Crippen LogP contribution in [0.15, 0.2) is 18.2 Å². The van der Waals surface area contributed by atoms with Crippen molar-refractivity contribution in [1.29, 1.82) is 0 Å². The van der Waals surface area contributed by atoms with Crippen molar-refractivity contribution in [3.8, 4) is 5.75 Å². The lowest BCUT2D eigenvalue weighted by molar-refractivity contribution is -0.135. The third-order valence-corrected chi connectivity index (χ3v) is 2.71. The maximum Gasteiger partial charge on any atom is 0.262 e. The third kappa shape index (κ3) is 3.47. The molecule has 4 nitrogen and oxygen atoms in total. The lowest BCUT2D eigenvalue weighted by Gasteiger charge is -2.21. The van der Waals surface area contributed by atoms with Gasteiger partial charge >= 0.3 is 0 Å². The number of aliphatic hydroxyl groups excluding tert-OH is 1. The molecule has 1 unspecified atom stereocenters. The van der Waals surface area contributed by atoms with Gasteiger partial charge in [0.2, 0.25) is 0 Å². The molecule has 0 aliphatic heterocycles. The first-order valence-corrected chi connectivity index (χ1v) is 5.99. The van der Waals surface area contributed by atoms with E-state index in [-0.39, 0.29) is 5.91 Å². The van der Waals surface area contributed by atoms with E-state index in [1.165, 1.54) is 4.90 Å². The Morgan fingerprint density at radius 3 is 2.44 bits per heavy atom. The molecule has 0 heterocycles. The van der Waals surface area contributed by atoms with Crippen molar-refractivity contribution in [2.24, 2.45) is 0 Å². The number of ether oxygens (including phenoxy) is 1. The van der Waals surface area contributed by atoms with E-state index in [9.17, 15) is 9.90 Å². The highest BCUT2D eigenvalue weighted by molar-refractivity contribution is 5.80. The number of nitrogens with zero attached hydrogens (tertiary/aromatic N) is 1. The summed E-state index contributed by atoms with van der Waals surface area (Å²) in [5.41, 5.74) is 1.72. The Kier molecular flexibility index (Phi) is 4.73. The van der Waals surface area contributed by atoms with Crippen LogP contribution in [0.1, 0.15) is 31.1 Å². The monoisotopic (exact) mass is 251 g/mol. The number of rotatable bonds is 4. The molecule has 0 fully saturated rings. The van der Waals surface area contributed by atoms with Crippen molar-refractivity contribution in [1.82, 2.24) is 4.90 Å². The van der Waals surface area contributed by atoms with Crippen LogP contribution in [0.3, 0.4) is 0 Å². The summed E-state index contributed by atoms with van der Waals surface area (Å²) in [6.07, 6.45) is -1.19. The highest BCUT2D eigenvalue weighted by Gasteiger charge is 2.19. The molecule has 1 amide bonds. The van der Waals surface area contributed by atoms with E-state index >= 15 is 0 Å². The molecule has 0 radical (unpaired) electrons. The Morgan fingerprint density at radius 1 is 1.33 bits per heavy atom. The first-order chi connectivity index (χ1) is 8.32. The molecule has 1 aromatic carbocycles.